The molecule has 6 nitrogen and oxygen atoms in total. The highest BCUT2D eigenvalue weighted by molar-refractivity contribution is 5.79. The van der Waals surface area contributed by atoms with Crippen molar-refractivity contribution in [1.82, 2.24) is 14.9 Å². The highest BCUT2D eigenvalue weighted by Gasteiger charge is 2.34. The molecule has 3 rings (SSSR count). The number of carbonyl (C=O) groups is 1. The van der Waals surface area contributed by atoms with E-state index in [0.29, 0.717) is 0 Å². The lowest BCUT2D eigenvalue weighted by atomic mass is 9.91. The van der Waals surface area contributed by atoms with Crippen molar-refractivity contribution in [3.63, 3.8) is 0 Å². The maximum atomic E-state index is 12.8. The van der Waals surface area contributed by atoms with E-state index in [0.717, 1.165) is 57.9 Å². The smallest absolute Gasteiger partial charge is 0.228 e. The summed E-state index contributed by atoms with van der Waals surface area (Å²) in [4.78, 5) is 25.4. The van der Waals surface area contributed by atoms with E-state index < -0.39 is 0 Å². The van der Waals surface area contributed by atoms with Crippen molar-refractivity contribution >= 4 is 11.7 Å². The van der Waals surface area contributed by atoms with Crippen LogP contribution in [0.25, 0.3) is 0 Å². The summed E-state index contributed by atoms with van der Waals surface area (Å²) in [5.41, 5.74) is 0. The lowest BCUT2D eigenvalue weighted by Gasteiger charge is -2.39. The summed E-state index contributed by atoms with van der Waals surface area (Å²) >= 11 is 0. The van der Waals surface area contributed by atoms with Crippen LogP contribution in [0.15, 0.2) is 18.6 Å². The van der Waals surface area contributed by atoms with Crippen molar-refractivity contribution < 1.29 is 9.53 Å². The SMILES string of the molecule is CCC1OCCCC1C(=O)N1CCN(c2cnccn2)CC1. The third kappa shape index (κ3) is 3.21. The van der Waals surface area contributed by atoms with Gasteiger partial charge in [-0.05, 0) is 19.3 Å². The van der Waals surface area contributed by atoms with E-state index in [2.05, 4.69) is 21.8 Å². The Morgan fingerprint density at radius 2 is 2.14 bits per heavy atom. The summed E-state index contributed by atoms with van der Waals surface area (Å²) in [5.74, 6) is 1.20. The van der Waals surface area contributed by atoms with Crippen LogP contribution < -0.4 is 4.90 Å². The number of hydrogen-bond donors (Lipinski definition) is 0. The molecule has 1 amide bonds. The Labute approximate surface area is 131 Å². The predicted molar refractivity (Wildman–Crippen MR) is 83.6 cm³/mol. The molecule has 0 N–H and O–H groups in total. The standard InChI is InChI=1S/C16H24N4O2/c1-2-14-13(4-3-11-22-14)16(21)20-9-7-19(8-10-20)15-12-17-5-6-18-15/h5-6,12-14H,2-4,7-11H2,1H3. The zero-order valence-electron chi connectivity index (χ0n) is 13.1. The quantitative estimate of drug-likeness (QED) is 0.843. The number of ether oxygens (including phenoxy) is 1. The minimum Gasteiger partial charge on any atom is -0.377 e. The molecule has 0 aliphatic carbocycles. The Balaban J connectivity index is 1.57. The number of rotatable bonds is 3. The van der Waals surface area contributed by atoms with Gasteiger partial charge in [0.2, 0.25) is 5.91 Å². The number of carbonyl (C=O) groups excluding carboxylic acids is 1. The molecule has 1 aromatic heterocycles. The van der Waals surface area contributed by atoms with E-state index in [1.165, 1.54) is 0 Å². The van der Waals surface area contributed by atoms with Crippen molar-refractivity contribution in [2.75, 3.05) is 37.7 Å². The molecule has 2 saturated heterocycles. The Hall–Kier alpha value is -1.69. The largest absolute Gasteiger partial charge is 0.377 e. The lowest BCUT2D eigenvalue weighted by molar-refractivity contribution is -0.145. The second-order valence-corrected chi connectivity index (χ2v) is 5.94. The lowest BCUT2D eigenvalue weighted by Crippen LogP contribution is -2.52. The summed E-state index contributed by atoms with van der Waals surface area (Å²) in [6.45, 7) is 6.03. The first-order valence-corrected chi connectivity index (χ1v) is 8.21. The van der Waals surface area contributed by atoms with E-state index in [1.807, 2.05) is 4.90 Å². The number of aromatic nitrogens is 2. The number of amides is 1. The average Bonchev–Trinajstić information content (AvgIpc) is 2.62. The van der Waals surface area contributed by atoms with Crippen LogP contribution in [0, 0.1) is 5.92 Å². The highest BCUT2D eigenvalue weighted by atomic mass is 16.5. The van der Waals surface area contributed by atoms with Gasteiger partial charge in [-0.15, -0.1) is 0 Å². The minimum absolute atomic E-state index is 0.0433. The van der Waals surface area contributed by atoms with Crippen LogP contribution in [0.1, 0.15) is 26.2 Å². The Morgan fingerprint density at radius 3 is 2.82 bits per heavy atom. The molecule has 2 aliphatic heterocycles. The van der Waals surface area contributed by atoms with Crippen molar-refractivity contribution in [2.45, 2.75) is 32.3 Å². The van der Waals surface area contributed by atoms with Gasteiger partial charge in [0.15, 0.2) is 0 Å². The fourth-order valence-electron chi connectivity index (χ4n) is 3.37. The highest BCUT2D eigenvalue weighted by Crippen LogP contribution is 2.26. The van der Waals surface area contributed by atoms with Crippen molar-refractivity contribution in [1.29, 1.82) is 0 Å². The van der Waals surface area contributed by atoms with Gasteiger partial charge in [-0.25, -0.2) is 4.98 Å². The average molecular weight is 304 g/mol. The molecule has 2 unspecified atom stereocenters. The summed E-state index contributed by atoms with van der Waals surface area (Å²) < 4.78 is 5.77. The van der Waals surface area contributed by atoms with E-state index in [9.17, 15) is 4.79 Å². The van der Waals surface area contributed by atoms with Gasteiger partial charge in [-0.3, -0.25) is 9.78 Å². The van der Waals surface area contributed by atoms with Gasteiger partial charge in [0.1, 0.15) is 5.82 Å². The van der Waals surface area contributed by atoms with Gasteiger partial charge >= 0.3 is 0 Å². The molecule has 120 valence electrons. The summed E-state index contributed by atoms with van der Waals surface area (Å²) in [7, 11) is 0. The molecule has 1 aromatic rings. The zero-order valence-corrected chi connectivity index (χ0v) is 13.1. The second kappa shape index (κ2) is 7.05. The molecule has 22 heavy (non-hydrogen) atoms. The maximum absolute atomic E-state index is 12.8. The Morgan fingerprint density at radius 1 is 1.32 bits per heavy atom. The molecular formula is C16H24N4O2. The minimum atomic E-state index is 0.0433. The number of nitrogens with zero attached hydrogens (tertiary/aromatic N) is 4. The van der Waals surface area contributed by atoms with E-state index in [1.54, 1.807) is 18.6 Å². The van der Waals surface area contributed by atoms with Gasteiger partial charge in [-0.2, -0.15) is 0 Å². The second-order valence-electron chi connectivity index (χ2n) is 5.94. The summed E-state index contributed by atoms with van der Waals surface area (Å²) in [5, 5.41) is 0. The first-order chi connectivity index (χ1) is 10.8. The first kappa shape index (κ1) is 15.2. The molecule has 0 spiro atoms. The van der Waals surface area contributed by atoms with E-state index >= 15 is 0 Å². The van der Waals surface area contributed by atoms with Crippen molar-refractivity contribution in [2.24, 2.45) is 5.92 Å². The van der Waals surface area contributed by atoms with Crippen LogP contribution in [0.3, 0.4) is 0 Å². The van der Waals surface area contributed by atoms with Gasteiger partial charge < -0.3 is 14.5 Å². The number of hydrogen-bond acceptors (Lipinski definition) is 5. The number of piperazine rings is 1. The molecule has 2 fully saturated rings. The van der Waals surface area contributed by atoms with Crippen molar-refractivity contribution in [3.8, 4) is 0 Å². The summed E-state index contributed by atoms with van der Waals surface area (Å²) in [6.07, 6.45) is 8.12. The molecule has 0 saturated carbocycles. The van der Waals surface area contributed by atoms with Crippen molar-refractivity contribution in [3.05, 3.63) is 18.6 Å². The van der Waals surface area contributed by atoms with Gasteiger partial charge in [0, 0.05) is 45.2 Å². The van der Waals surface area contributed by atoms with Crippen LogP contribution in [-0.4, -0.2) is 59.7 Å². The summed E-state index contributed by atoms with van der Waals surface area (Å²) in [6, 6.07) is 0. The fraction of sp³-hybridized carbons (Fsp3) is 0.688. The maximum Gasteiger partial charge on any atom is 0.228 e. The third-order valence-electron chi connectivity index (χ3n) is 4.62. The molecular weight excluding hydrogens is 280 g/mol. The third-order valence-corrected chi connectivity index (χ3v) is 4.62. The monoisotopic (exact) mass is 304 g/mol. The van der Waals surface area contributed by atoms with Crippen LogP contribution in [0.2, 0.25) is 0 Å². The molecule has 6 heteroatoms. The molecule has 2 aliphatic rings. The molecule has 0 aromatic carbocycles. The predicted octanol–water partition coefficient (Wildman–Crippen LogP) is 1.33. The van der Waals surface area contributed by atoms with E-state index in [4.69, 9.17) is 4.74 Å². The number of anilines is 1. The fourth-order valence-corrected chi connectivity index (χ4v) is 3.37. The van der Waals surface area contributed by atoms with Crippen LogP contribution in [-0.2, 0) is 9.53 Å². The molecule has 2 atom stereocenters. The molecule has 0 bridgehead atoms. The van der Waals surface area contributed by atoms with Gasteiger partial charge in [-0.1, -0.05) is 6.92 Å². The van der Waals surface area contributed by atoms with Gasteiger partial charge in [0.05, 0.1) is 18.2 Å². The van der Waals surface area contributed by atoms with Crippen LogP contribution in [0.4, 0.5) is 5.82 Å². The Kier molecular flexibility index (Phi) is 4.87. The van der Waals surface area contributed by atoms with Crippen LogP contribution >= 0.6 is 0 Å². The first-order valence-electron chi connectivity index (χ1n) is 8.21. The molecule has 0 radical (unpaired) electrons. The van der Waals surface area contributed by atoms with E-state index in [-0.39, 0.29) is 17.9 Å². The topological polar surface area (TPSA) is 58.6 Å². The normalized spacial score (nSPS) is 26.0. The Bertz CT molecular complexity index is 488. The zero-order chi connectivity index (χ0) is 15.4. The molecule has 3 heterocycles. The van der Waals surface area contributed by atoms with Crippen LogP contribution in [0.5, 0.6) is 0 Å². The van der Waals surface area contributed by atoms with Gasteiger partial charge in [0.25, 0.3) is 0 Å².